The first-order valence-corrected chi connectivity index (χ1v) is 8.90. The second-order valence-electron chi connectivity index (χ2n) is 5.36. The predicted octanol–water partition coefficient (Wildman–Crippen LogP) is 3.53. The fourth-order valence-corrected chi connectivity index (χ4v) is 3.07. The number of Topliss-reactive ketones (excluding diaryl/α,β-unsaturated/α-hetero) is 1. The van der Waals surface area contributed by atoms with Crippen LogP contribution in [0.15, 0.2) is 36.4 Å². The molecule has 0 saturated heterocycles. The van der Waals surface area contributed by atoms with Crippen LogP contribution in [0, 0.1) is 6.92 Å². The topological polar surface area (TPSA) is 72.5 Å². The molecule has 1 N–H and O–H groups in total. The zero-order chi connectivity index (χ0) is 18.2. The van der Waals surface area contributed by atoms with Crippen molar-refractivity contribution < 1.29 is 19.1 Å². The number of benzene rings is 1. The number of carbonyl (C=O) groups is 3. The van der Waals surface area contributed by atoms with Gasteiger partial charge in [-0.3, -0.25) is 14.4 Å². The van der Waals surface area contributed by atoms with Gasteiger partial charge in [0.2, 0.25) is 0 Å². The summed E-state index contributed by atoms with van der Waals surface area (Å²) in [5, 5.41) is 3.18. The number of nitrogens with one attached hydrogen (secondary N) is 1. The number of ketones is 1. The van der Waals surface area contributed by atoms with Crippen molar-refractivity contribution in [1.82, 2.24) is 5.32 Å². The maximum absolute atomic E-state index is 11.9. The average molecular weight is 380 g/mol. The Morgan fingerprint density at radius 3 is 2.56 bits per heavy atom. The maximum Gasteiger partial charge on any atom is 0.306 e. The van der Waals surface area contributed by atoms with Crippen LogP contribution < -0.4 is 5.32 Å². The second kappa shape index (κ2) is 9.34. The van der Waals surface area contributed by atoms with Crippen molar-refractivity contribution in [3.8, 4) is 0 Å². The third-order valence-electron chi connectivity index (χ3n) is 3.37. The summed E-state index contributed by atoms with van der Waals surface area (Å²) in [6.45, 7) is 1.79. The summed E-state index contributed by atoms with van der Waals surface area (Å²) in [6.07, 6.45) is 0.0214. The van der Waals surface area contributed by atoms with Gasteiger partial charge in [-0.1, -0.05) is 29.8 Å². The first kappa shape index (κ1) is 19.1. The number of hydrogen-bond acceptors (Lipinski definition) is 5. The fraction of sp³-hybridized carbons (Fsp3) is 0.278. The van der Waals surface area contributed by atoms with Gasteiger partial charge in [-0.2, -0.15) is 0 Å². The number of thiophene rings is 1. The van der Waals surface area contributed by atoms with Crippen LogP contribution in [0.3, 0.4) is 0 Å². The second-order valence-corrected chi connectivity index (χ2v) is 7.06. The Hall–Kier alpha value is -2.18. The van der Waals surface area contributed by atoms with Crippen molar-refractivity contribution in [2.75, 3.05) is 6.61 Å². The highest BCUT2D eigenvalue weighted by atomic mass is 35.5. The molecule has 1 heterocycles. The molecule has 0 aliphatic carbocycles. The number of esters is 1. The minimum absolute atomic E-state index is 0.0480. The summed E-state index contributed by atoms with van der Waals surface area (Å²) >= 11 is 7.39. The molecule has 2 aromatic rings. The summed E-state index contributed by atoms with van der Waals surface area (Å²) < 4.78 is 4.88. The monoisotopic (exact) mass is 379 g/mol. The molecule has 5 nitrogen and oxygen atoms in total. The van der Waals surface area contributed by atoms with Crippen LogP contribution in [0.4, 0.5) is 0 Å². The fourth-order valence-electron chi connectivity index (χ4n) is 2.03. The van der Waals surface area contributed by atoms with Gasteiger partial charge in [0.05, 0.1) is 11.3 Å². The van der Waals surface area contributed by atoms with Crippen molar-refractivity contribution in [3.05, 3.63) is 56.7 Å². The van der Waals surface area contributed by atoms with Crippen LogP contribution >= 0.6 is 22.9 Å². The molecule has 1 aromatic carbocycles. The number of amides is 1. The lowest BCUT2D eigenvalue weighted by atomic mass is 10.2. The molecule has 0 fully saturated rings. The molecule has 0 bridgehead atoms. The molecule has 0 atom stereocenters. The average Bonchev–Trinajstić information content (AvgIpc) is 3.03. The number of ether oxygens (including phenoxy) is 1. The van der Waals surface area contributed by atoms with Crippen LogP contribution in [0.25, 0.3) is 0 Å². The lowest BCUT2D eigenvalue weighted by molar-refractivity contribution is -0.148. The van der Waals surface area contributed by atoms with Gasteiger partial charge < -0.3 is 10.1 Å². The van der Waals surface area contributed by atoms with Gasteiger partial charge in [0.25, 0.3) is 5.91 Å². The molecule has 0 spiro atoms. The first-order valence-electron chi connectivity index (χ1n) is 7.71. The molecule has 0 radical (unpaired) electrons. The zero-order valence-electron chi connectivity index (χ0n) is 13.7. The third-order valence-corrected chi connectivity index (χ3v) is 4.78. The summed E-state index contributed by atoms with van der Waals surface area (Å²) in [5.74, 6) is -1.10. The summed E-state index contributed by atoms with van der Waals surface area (Å²) in [4.78, 5) is 36.9. The van der Waals surface area contributed by atoms with Crippen molar-refractivity contribution in [2.24, 2.45) is 0 Å². The van der Waals surface area contributed by atoms with Crippen LogP contribution in [-0.2, 0) is 20.9 Å². The zero-order valence-corrected chi connectivity index (χ0v) is 15.3. The number of aryl methyl sites for hydroxylation is 1. The predicted molar refractivity (Wildman–Crippen MR) is 96.9 cm³/mol. The normalized spacial score (nSPS) is 10.3. The van der Waals surface area contributed by atoms with E-state index in [4.69, 9.17) is 16.3 Å². The maximum atomic E-state index is 11.9. The molecule has 2 rings (SSSR count). The van der Waals surface area contributed by atoms with Gasteiger partial charge >= 0.3 is 5.97 Å². The molecule has 7 heteroatoms. The number of rotatable bonds is 8. The van der Waals surface area contributed by atoms with E-state index >= 15 is 0 Å². The van der Waals surface area contributed by atoms with E-state index in [0.29, 0.717) is 9.90 Å². The standard InChI is InChI=1S/C18H18ClNO4S/c1-12-6-8-16(25-12)15(21)7-9-18(23)24-11-17(22)20-10-13-4-2-3-5-14(13)19/h2-6,8H,7,9-11H2,1H3,(H,20,22). The van der Waals surface area contributed by atoms with Crippen molar-refractivity contribution >= 4 is 40.6 Å². The molecule has 0 saturated carbocycles. The highest BCUT2D eigenvalue weighted by Crippen LogP contribution is 2.17. The highest BCUT2D eigenvalue weighted by Gasteiger charge is 2.13. The molecule has 1 aromatic heterocycles. The van der Waals surface area contributed by atoms with E-state index in [1.807, 2.05) is 19.1 Å². The lowest BCUT2D eigenvalue weighted by Gasteiger charge is -2.07. The molecule has 0 unspecified atom stereocenters. The van der Waals surface area contributed by atoms with Crippen molar-refractivity contribution in [1.29, 1.82) is 0 Å². The first-order chi connectivity index (χ1) is 12.0. The summed E-state index contributed by atoms with van der Waals surface area (Å²) in [6, 6.07) is 10.8. The third kappa shape index (κ3) is 6.32. The van der Waals surface area contributed by atoms with Gasteiger partial charge in [0.1, 0.15) is 0 Å². The minimum atomic E-state index is -0.575. The summed E-state index contributed by atoms with van der Waals surface area (Å²) in [5.41, 5.74) is 0.778. The molecule has 0 aliphatic rings. The minimum Gasteiger partial charge on any atom is -0.456 e. The van der Waals surface area contributed by atoms with E-state index in [2.05, 4.69) is 5.32 Å². The van der Waals surface area contributed by atoms with Crippen LogP contribution in [0.1, 0.15) is 33.0 Å². The Morgan fingerprint density at radius 1 is 1.12 bits per heavy atom. The van der Waals surface area contributed by atoms with E-state index in [1.165, 1.54) is 11.3 Å². The number of halogens is 1. The Labute approximate surface area is 154 Å². The molecule has 1 amide bonds. The van der Waals surface area contributed by atoms with E-state index in [9.17, 15) is 14.4 Å². The largest absolute Gasteiger partial charge is 0.456 e. The smallest absolute Gasteiger partial charge is 0.306 e. The Bertz CT molecular complexity index is 772. The van der Waals surface area contributed by atoms with E-state index in [0.717, 1.165) is 10.4 Å². The van der Waals surface area contributed by atoms with Gasteiger partial charge in [0, 0.05) is 22.9 Å². The van der Waals surface area contributed by atoms with Crippen LogP contribution in [-0.4, -0.2) is 24.3 Å². The number of carbonyl (C=O) groups excluding carboxylic acids is 3. The van der Waals surface area contributed by atoms with E-state index in [-0.39, 0.29) is 31.8 Å². The Balaban J connectivity index is 1.66. The van der Waals surface area contributed by atoms with Crippen molar-refractivity contribution in [2.45, 2.75) is 26.3 Å². The highest BCUT2D eigenvalue weighted by molar-refractivity contribution is 7.14. The number of hydrogen-bond donors (Lipinski definition) is 1. The van der Waals surface area contributed by atoms with Gasteiger partial charge in [-0.15, -0.1) is 11.3 Å². The van der Waals surface area contributed by atoms with Crippen LogP contribution in [0.2, 0.25) is 5.02 Å². The molecular weight excluding hydrogens is 362 g/mol. The lowest BCUT2D eigenvalue weighted by Crippen LogP contribution is -2.28. The quantitative estimate of drug-likeness (QED) is 0.562. The Kier molecular flexibility index (Phi) is 7.16. The molecular formula is C18H18ClNO4S. The SMILES string of the molecule is Cc1ccc(C(=O)CCC(=O)OCC(=O)NCc2ccccc2Cl)s1. The van der Waals surface area contributed by atoms with Gasteiger partial charge in [-0.25, -0.2) is 0 Å². The van der Waals surface area contributed by atoms with E-state index in [1.54, 1.807) is 24.3 Å². The summed E-state index contributed by atoms with van der Waals surface area (Å²) in [7, 11) is 0. The molecule has 0 aliphatic heterocycles. The Morgan fingerprint density at radius 2 is 1.88 bits per heavy atom. The van der Waals surface area contributed by atoms with Gasteiger partial charge in [-0.05, 0) is 30.7 Å². The van der Waals surface area contributed by atoms with Crippen molar-refractivity contribution in [3.63, 3.8) is 0 Å². The molecule has 25 heavy (non-hydrogen) atoms. The van der Waals surface area contributed by atoms with E-state index < -0.39 is 11.9 Å². The van der Waals surface area contributed by atoms with Crippen LogP contribution in [0.5, 0.6) is 0 Å². The van der Waals surface area contributed by atoms with Gasteiger partial charge in [0.15, 0.2) is 12.4 Å². The molecule has 132 valence electrons.